The van der Waals surface area contributed by atoms with Gasteiger partial charge in [-0.3, -0.25) is 14.9 Å². The van der Waals surface area contributed by atoms with E-state index in [9.17, 15) is 23.3 Å². The second-order valence-corrected chi connectivity index (χ2v) is 7.70. The summed E-state index contributed by atoms with van der Waals surface area (Å²) in [5.41, 5.74) is 0.721. The molecule has 138 valence electrons. The molecule has 0 bridgehead atoms. The first kappa shape index (κ1) is 19.4. The standard InChI is InChI=1S/C17H18N2O6S/c1-25-16-11-14(19(21)22)7-8-15(16)18-17(20)9-10-26(23,24)12-13-5-3-2-4-6-13/h2-8,11H,9-10,12H2,1H3,(H,18,20). The quantitative estimate of drug-likeness (QED) is 0.557. The molecule has 0 fully saturated rings. The molecule has 0 spiro atoms. The Morgan fingerprint density at radius 1 is 1.19 bits per heavy atom. The maximum Gasteiger partial charge on any atom is 0.273 e. The molecule has 1 amide bonds. The molecule has 2 rings (SSSR count). The van der Waals surface area contributed by atoms with Crippen molar-refractivity contribution in [3.8, 4) is 5.75 Å². The minimum absolute atomic E-state index is 0.125. The summed E-state index contributed by atoms with van der Waals surface area (Å²) in [4.78, 5) is 22.2. The van der Waals surface area contributed by atoms with E-state index in [2.05, 4.69) is 5.32 Å². The number of hydrogen-bond acceptors (Lipinski definition) is 6. The maximum atomic E-state index is 12.1. The van der Waals surface area contributed by atoms with Crippen molar-refractivity contribution in [3.63, 3.8) is 0 Å². The van der Waals surface area contributed by atoms with Crippen molar-refractivity contribution in [2.75, 3.05) is 18.2 Å². The molecule has 0 aliphatic carbocycles. The first-order valence-electron chi connectivity index (χ1n) is 7.67. The van der Waals surface area contributed by atoms with Crippen molar-refractivity contribution < 1.29 is 22.9 Å². The molecule has 0 radical (unpaired) electrons. The molecule has 0 aliphatic rings. The highest BCUT2D eigenvalue weighted by molar-refractivity contribution is 7.90. The van der Waals surface area contributed by atoms with Crippen LogP contribution in [-0.4, -0.2) is 32.1 Å². The van der Waals surface area contributed by atoms with Crippen LogP contribution in [-0.2, 0) is 20.4 Å². The number of methoxy groups -OCH3 is 1. The molecule has 2 aromatic rings. The van der Waals surface area contributed by atoms with Crippen molar-refractivity contribution in [1.82, 2.24) is 0 Å². The van der Waals surface area contributed by atoms with Gasteiger partial charge in [0.2, 0.25) is 5.91 Å². The maximum absolute atomic E-state index is 12.1. The largest absolute Gasteiger partial charge is 0.494 e. The molecule has 0 saturated heterocycles. The highest BCUT2D eigenvalue weighted by Crippen LogP contribution is 2.29. The molecule has 0 aromatic heterocycles. The fourth-order valence-electron chi connectivity index (χ4n) is 2.26. The normalized spacial score (nSPS) is 11.0. The lowest BCUT2D eigenvalue weighted by molar-refractivity contribution is -0.384. The fourth-order valence-corrected chi connectivity index (χ4v) is 3.60. The zero-order valence-corrected chi connectivity index (χ0v) is 14.9. The number of non-ortho nitro benzene ring substituents is 1. The number of nitro benzene ring substituents is 1. The summed E-state index contributed by atoms with van der Waals surface area (Å²) >= 11 is 0. The van der Waals surface area contributed by atoms with Crippen LogP contribution in [0.25, 0.3) is 0 Å². The molecule has 1 N–H and O–H groups in total. The smallest absolute Gasteiger partial charge is 0.273 e. The number of benzene rings is 2. The molecule has 8 nitrogen and oxygen atoms in total. The monoisotopic (exact) mass is 378 g/mol. The third kappa shape index (κ3) is 5.55. The number of sulfone groups is 1. The average Bonchev–Trinajstić information content (AvgIpc) is 2.60. The number of anilines is 1. The number of hydrogen-bond donors (Lipinski definition) is 1. The van der Waals surface area contributed by atoms with E-state index in [1.807, 2.05) is 0 Å². The van der Waals surface area contributed by atoms with Gasteiger partial charge in [0.25, 0.3) is 5.69 Å². The average molecular weight is 378 g/mol. The van der Waals surface area contributed by atoms with Gasteiger partial charge in [-0.1, -0.05) is 30.3 Å². The van der Waals surface area contributed by atoms with Crippen LogP contribution in [0.5, 0.6) is 5.75 Å². The van der Waals surface area contributed by atoms with Crippen LogP contribution in [0.4, 0.5) is 11.4 Å². The number of nitrogens with one attached hydrogen (secondary N) is 1. The first-order valence-corrected chi connectivity index (χ1v) is 9.49. The highest BCUT2D eigenvalue weighted by atomic mass is 32.2. The predicted molar refractivity (Wildman–Crippen MR) is 96.8 cm³/mol. The van der Waals surface area contributed by atoms with Gasteiger partial charge in [0.1, 0.15) is 5.75 Å². The number of ether oxygens (including phenoxy) is 1. The van der Waals surface area contributed by atoms with Crippen LogP contribution in [0.3, 0.4) is 0 Å². The number of carbonyl (C=O) groups is 1. The third-order valence-electron chi connectivity index (χ3n) is 3.54. The molecule has 2 aromatic carbocycles. The molecule has 0 aliphatic heterocycles. The van der Waals surface area contributed by atoms with Crippen molar-refractivity contribution in [3.05, 3.63) is 64.2 Å². The number of carbonyl (C=O) groups excluding carboxylic acids is 1. The summed E-state index contributed by atoms with van der Waals surface area (Å²) < 4.78 is 29.3. The third-order valence-corrected chi connectivity index (χ3v) is 5.14. The van der Waals surface area contributed by atoms with Gasteiger partial charge in [0, 0.05) is 12.5 Å². The first-order chi connectivity index (χ1) is 12.3. The summed E-state index contributed by atoms with van der Waals surface area (Å²) in [6.45, 7) is 0. The summed E-state index contributed by atoms with van der Waals surface area (Å²) in [6, 6.07) is 12.5. The summed E-state index contributed by atoms with van der Waals surface area (Å²) in [6.07, 6.45) is -0.227. The Morgan fingerprint density at radius 2 is 1.88 bits per heavy atom. The van der Waals surface area contributed by atoms with E-state index in [0.717, 1.165) is 0 Å². The van der Waals surface area contributed by atoms with Crippen LogP contribution in [0.2, 0.25) is 0 Å². The van der Waals surface area contributed by atoms with Gasteiger partial charge < -0.3 is 10.1 Å². The van der Waals surface area contributed by atoms with E-state index in [1.54, 1.807) is 30.3 Å². The van der Waals surface area contributed by atoms with Gasteiger partial charge in [0.05, 0.1) is 35.3 Å². The number of rotatable bonds is 8. The lowest BCUT2D eigenvalue weighted by Crippen LogP contribution is -2.18. The Bertz CT molecular complexity index is 897. The van der Waals surface area contributed by atoms with Gasteiger partial charge in [-0.2, -0.15) is 0 Å². The van der Waals surface area contributed by atoms with E-state index < -0.39 is 20.7 Å². The van der Waals surface area contributed by atoms with Crippen LogP contribution in [0.1, 0.15) is 12.0 Å². The summed E-state index contributed by atoms with van der Waals surface area (Å²) in [7, 11) is -2.12. The molecule has 26 heavy (non-hydrogen) atoms. The SMILES string of the molecule is COc1cc([N+](=O)[O-])ccc1NC(=O)CCS(=O)(=O)Cc1ccccc1. The topological polar surface area (TPSA) is 116 Å². The molecule has 0 saturated carbocycles. The van der Waals surface area contributed by atoms with Crippen molar-refractivity contribution in [1.29, 1.82) is 0 Å². The Morgan fingerprint density at radius 3 is 2.50 bits per heavy atom. The van der Waals surface area contributed by atoms with Gasteiger partial charge in [-0.05, 0) is 11.6 Å². The van der Waals surface area contributed by atoms with Gasteiger partial charge in [0.15, 0.2) is 9.84 Å². The molecular weight excluding hydrogens is 360 g/mol. The van der Waals surface area contributed by atoms with E-state index in [-0.39, 0.29) is 35.1 Å². The molecule has 9 heteroatoms. The zero-order valence-electron chi connectivity index (χ0n) is 14.0. The second-order valence-electron chi connectivity index (χ2n) is 5.52. The Labute approximate surface area is 150 Å². The Balaban J connectivity index is 1.97. The van der Waals surface area contributed by atoms with Gasteiger partial charge in [-0.25, -0.2) is 8.42 Å². The van der Waals surface area contributed by atoms with E-state index in [4.69, 9.17) is 4.74 Å². The van der Waals surface area contributed by atoms with Gasteiger partial charge in [-0.15, -0.1) is 0 Å². The molecule has 0 unspecified atom stereocenters. The lowest BCUT2D eigenvalue weighted by Gasteiger charge is -2.10. The van der Waals surface area contributed by atoms with Crippen molar-refractivity contribution in [2.45, 2.75) is 12.2 Å². The lowest BCUT2D eigenvalue weighted by atomic mass is 10.2. The fraction of sp³-hybridized carbons (Fsp3) is 0.235. The second kappa shape index (κ2) is 8.43. The zero-order chi connectivity index (χ0) is 19.2. The van der Waals surface area contributed by atoms with Crippen LogP contribution >= 0.6 is 0 Å². The predicted octanol–water partition coefficient (Wildman–Crippen LogP) is 2.55. The number of nitro groups is 1. The van der Waals surface area contributed by atoms with E-state index >= 15 is 0 Å². The summed E-state index contributed by atoms with van der Waals surface area (Å²) in [5, 5.41) is 13.3. The van der Waals surface area contributed by atoms with Crippen LogP contribution in [0.15, 0.2) is 48.5 Å². The minimum Gasteiger partial charge on any atom is -0.494 e. The van der Waals surface area contributed by atoms with Crippen LogP contribution < -0.4 is 10.1 Å². The molecule has 0 heterocycles. The summed E-state index contributed by atoms with van der Waals surface area (Å²) in [5.74, 6) is -0.834. The highest BCUT2D eigenvalue weighted by Gasteiger charge is 2.17. The van der Waals surface area contributed by atoms with Crippen LogP contribution in [0, 0.1) is 10.1 Å². The Hall–Kier alpha value is -2.94. The van der Waals surface area contributed by atoms with E-state index in [0.29, 0.717) is 5.56 Å². The minimum atomic E-state index is -3.44. The van der Waals surface area contributed by atoms with Gasteiger partial charge >= 0.3 is 0 Å². The number of nitrogens with zero attached hydrogens (tertiary/aromatic N) is 1. The number of amides is 1. The molecule has 0 atom stereocenters. The van der Waals surface area contributed by atoms with Crippen molar-refractivity contribution in [2.24, 2.45) is 0 Å². The van der Waals surface area contributed by atoms with Crippen molar-refractivity contribution >= 4 is 27.1 Å². The Kier molecular flexibility index (Phi) is 6.29. The van der Waals surface area contributed by atoms with E-state index in [1.165, 1.54) is 25.3 Å². The molecular formula is C17H18N2O6S.